The summed E-state index contributed by atoms with van der Waals surface area (Å²) in [6.45, 7) is 2.38. The van der Waals surface area contributed by atoms with Crippen LogP contribution in [0.15, 0.2) is 0 Å². The summed E-state index contributed by atoms with van der Waals surface area (Å²) in [5.74, 6) is 0.363. The SMILES string of the molecule is COC(=O)C(C)CN(C(=O)CC1CCCCC1)C1CCCC1. The van der Waals surface area contributed by atoms with E-state index in [-0.39, 0.29) is 17.8 Å². The van der Waals surface area contributed by atoms with Gasteiger partial charge in [-0.15, -0.1) is 0 Å². The van der Waals surface area contributed by atoms with Crippen molar-refractivity contribution in [2.24, 2.45) is 11.8 Å². The molecule has 22 heavy (non-hydrogen) atoms. The zero-order chi connectivity index (χ0) is 15.9. The van der Waals surface area contributed by atoms with E-state index in [4.69, 9.17) is 4.74 Å². The van der Waals surface area contributed by atoms with Crippen molar-refractivity contribution < 1.29 is 14.3 Å². The maximum absolute atomic E-state index is 12.8. The molecule has 0 spiro atoms. The van der Waals surface area contributed by atoms with Gasteiger partial charge in [-0.25, -0.2) is 0 Å². The normalized spacial score (nSPS) is 21.5. The Morgan fingerprint density at radius 3 is 2.23 bits per heavy atom. The van der Waals surface area contributed by atoms with Crippen LogP contribution in [0.4, 0.5) is 0 Å². The van der Waals surface area contributed by atoms with Crippen molar-refractivity contribution in [1.29, 1.82) is 0 Å². The van der Waals surface area contributed by atoms with Gasteiger partial charge in [0.15, 0.2) is 0 Å². The monoisotopic (exact) mass is 309 g/mol. The Kier molecular flexibility index (Phi) is 6.71. The topological polar surface area (TPSA) is 46.6 Å². The van der Waals surface area contributed by atoms with Crippen LogP contribution < -0.4 is 0 Å². The summed E-state index contributed by atoms with van der Waals surface area (Å²) in [7, 11) is 1.42. The molecule has 0 bridgehead atoms. The third kappa shape index (κ3) is 4.72. The van der Waals surface area contributed by atoms with Crippen LogP contribution in [0, 0.1) is 11.8 Å². The van der Waals surface area contributed by atoms with E-state index in [9.17, 15) is 9.59 Å². The number of carbonyl (C=O) groups is 2. The third-order valence-electron chi connectivity index (χ3n) is 5.35. The first-order chi connectivity index (χ1) is 10.6. The van der Waals surface area contributed by atoms with Crippen molar-refractivity contribution in [2.75, 3.05) is 13.7 Å². The molecule has 0 radical (unpaired) electrons. The number of hydrogen-bond donors (Lipinski definition) is 0. The van der Waals surface area contributed by atoms with Crippen molar-refractivity contribution >= 4 is 11.9 Å². The quantitative estimate of drug-likeness (QED) is 0.705. The van der Waals surface area contributed by atoms with Gasteiger partial charge in [-0.3, -0.25) is 9.59 Å². The van der Waals surface area contributed by atoms with E-state index in [2.05, 4.69) is 0 Å². The van der Waals surface area contributed by atoms with Gasteiger partial charge < -0.3 is 9.64 Å². The second-order valence-corrected chi connectivity index (χ2v) is 7.12. The van der Waals surface area contributed by atoms with Gasteiger partial charge in [-0.2, -0.15) is 0 Å². The second-order valence-electron chi connectivity index (χ2n) is 7.12. The molecule has 1 unspecified atom stereocenters. The fraction of sp³-hybridized carbons (Fsp3) is 0.889. The molecule has 2 fully saturated rings. The minimum absolute atomic E-state index is 0.214. The summed E-state index contributed by atoms with van der Waals surface area (Å²) in [5.41, 5.74) is 0. The van der Waals surface area contributed by atoms with Crippen LogP contribution in [0.3, 0.4) is 0 Å². The van der Waals surface area contributed by atoms with Gasteiger partial charge in [0.1, 0.15) is 0 Å². The van der Waals surface area contributed by atoms with Crippen LogP contribution >= 0.6 is 0 Å². The Hall–Kier alpha value is -1.06. The van der Waals surface area contributed by atoms with Gasteiger partial charge in [-0.1, -0.05) is 39.0 Å². The standard InChI is InChI=1S/C18H31NO3/c1-14(18(21)22-2)13-19(16-10-6-7-11-16)17(20)12-15-8-4-3-5-9-15/h14-16H,3-13H2,1-2H3. The van der Waals surface area contributed by atoms with Crippen LogP contribution in [0.25, 0.3) is 0 Å². The first-order valence-electron chi connectivity index (χ1n) is 8.99. The molecule has 4 nitrogen and oxygen atoms in total. The summed E-state index contributed by atoms with van der Waals surface area (Å²) in [6, 6.07) is 0.336. The minimum Gasteiger partial charge on any atom is -0.469 e. The summed E-state index contributed by atoms with van der Waals surface area (Å²) in [6.07, 6.45) is 11.5. The molecule has 2 rings (SSSR count). The van der Waals surface area contributed by atoms with Crippen molar-refractivity contribution in [3.63, 3.8) is 0 Å². The van der Waals surface area contributed by atoms with Gasteiger partial charge in [0.25, 0.3) is 0 Å². The molecular weight excluding hydrogens is 278 g/mol. The molecule has 0 heterocycles. The zero-order valence-electron chi connectivity index (χ0n) is 14.2. The first-order valence-corrected chi connectivity index (χ1v) is 8.99. The number of ether oxygens (including phenoxy) is 1. The molecular formula is C18H31NO3. The van der Waals surface area contributed by atoms with Gasteiger partial charge in [0.05, 0.1) is 13.0 Å². The summed E-state index contributed by atoms with van der Waals surface area (Å²) >= 11 is 0. The second kappa shape index (κ2) is 8.54. The van der Waals surface area contributed by atoms with Crippen LogP contribution in [-0.2, 0) is 14.3 Å². The lowest BCUT2D eigenvalue weighted by Crippen LogP contribution is -2.43. The minimum atomic E-state index is -0.235. The number of amides is 1. The molecule has 1 atom stereocenters. The van der Waals surface area contributed by atoms with Crippen LogP contribution in [0.2, 0.25) is 0 Å². The number of nitrogens with zero attached hydrogens (tertiary/aromatic N) is 1. The molecule has 2 aliphatic carbocycles. The summed E-state index contributed by atoms with van der Waals surface area (Å²) in [5, 5.41) is 0. The highest BCUT2D eigenvalue weighted by atomic mass is 16.5. The molecule has 0 aromatic heterocycles. The van der Waals surface area contributed by atoms with E-state index >= 15 is 0 Å². The summed E-state index contributed by atoms with van der Waals surface area (Å²) < 4.78 is 4.83. The molecule has 0 aromatic carbocycles. The van der Waals surface area contributed by atoms with Crippen molar-refractivity contribution in [3.05, 3.63) is 0 Å². The number of hydrogen-bond acceptors (Lipinski definition) is 3. The molecule has 0 N–H and O–H groups in total. The van der Waals surface area contributed by atoms with Gasteiger partial charge in [0.2, 0.25) is 5.91 Å². The number of methoxy groups -OCH3 is 1. The van der Waals surface area contributed by atoms with E-state index in [1.807, 2.05) is 11.8 Å². The number of rotatable bonds is 6. The third-order valence-corrected chi connectivity index (χ3v) is 5.35. The number of carbonyl (C=O) groups excluding carboxylic acids is 2. The maximum atomic E-state index is 12.8. The van der Waals surface area contributed by atoms with Crippen molar-refractivity contribution in [3.8, 4) is 0 Å². The van der Waals surface area contributed by atoms with Gasteiger partial charge in [-0.05, 0) is 31.6 Å². The number of esters is 1. The highest BCUT2D eigenvalue weighted by molar-refractivity contribution is 5.78. The average molecular weight is 309 g/mol. The van der Waals surface area contributed by atoms with Crippen molar-refractivity contribution in [2.45, 2.75) is 77.2 Å². The van der Waals surface area contributed by atoms with Crippen LogP contribution in [0.5, 0.6) is 0 Å². The highest BCUT2D eigenvalue weighted by Gasteiger charge is 2.31. The molecule has 0 aliphatic heterocycles. The first kappa shape index (κ1) is 17.3. The Morgan fingerprint density at radius 1 is 1.05 bits per heavy atom. The highest BCUT2D eigenvalue weighted by Crippen LogP contribution is 2.30. The largest absolute Gasteiger partial charge is 0.469 e. The average Bonchev–Trinajstić information content (AvgIpc) is 3.06. The Labute approximate surface area is 134 Å². The predicted molar refractivity (Wildman–Crippen MR) is 86.3 cm³/mol. The molecule has 2 aliphatic rings. The van der Waals surface area contributed by atoms with Crippen molar-refractivity contribution in [1.82, 2.24) is 4.90 Å². The van der Waals surface area contributed by atoms with Crippen LogP contribution in [-0.4, -0.2) is 36.5 Å². The lowest BCUT2D eigenvalue weighted by Gasteiger charge is -2.33. The molecule has 126 valence electrons. The Morgan fingerprint density at radius 2 is 1.64 bits per heavy atom. The fourth-order valence-electron chi connectivity index (χ4n) is 4.00. The van der Waals surface area contributed by atoms with E-state index < -0.39 is 0 Å². The van der Waals surface area contributed by atoms with Crippen LogP contribution in [0.1, 0.15) is 71.1 Å². The predicted octanol–water partition coefficient (Wildman–Crippen LogP) is 3.54. The Bertz CT molecular complexity index is 371. The fourth-order valence-corrected chi connectivity index (χ4v) is 4.00. The van der Waals surface area contributed by atoms with E-state index in [1.54, 1.807) is 0 Å². The zero-order valence-corrected chi connectivity index (χ0v) is 14.2. The van der Waals surface area contributed by atoms with E-state index in [1.165, 1.54) is 52.1 Å². The van der Waals surface area contributed by atoms with Gasteiger partial charge in [0, 0.05) is 19.0 Å². The molecule has 0 saturated heterocycles. The summed E-state index contributed by atoms with van der Waals surface area (Å²) in [4.78, 5) is 26.5. The molecule has 1 amide bonds. The molecule has 0 aromatic rings. The van der Waals surface area contributed by atoms with E-state index in [0.717, 1.165) is 12.8 Å². The lowest BCUT2D eigenvalue weighted by molar-refractivity contribution is -0.147. The van der Waals surface area contributed by atoms with E-state index in [0.29, 0.717) is 24.9 Å². The Balaban J connectivity index is 1.96. The van der Waals surface area contributed by atoms with Gasteiger partial charge >= 0.3 is 5.97 Å². The smallest absolute Gasteiger partial charge is 0.310 e. The molecule has 4 heteroatoms. The molecule has 2 saturated carbocycles. The maximum Gasteiger partial charge on any atom is 0.310 e. The lowest BCUT2D eigenvalue weighted by atomic mass is 9.86.